The van der Waals surface area contributed by atoms with E-state index in [4.69, 9.17) is 0 Å². The molecule has 0 aliphatic carbocycles. The Bertz CT molecular complexity index is 335. The summed E-state index contributed by atoms with van der Waals surface area (Å²) >= 11 is 0. The van der Waals surface area contributed by atoms with Crippen LogP contribution in [0.25, 0.3) is 0 Å². The molecule has 5 heteroatoms. The zero-order valence-electron chi connectivity index (χ0n) is 12.0. The molecule has 0 aromatic carbocycles. The van der Waals surface area contributed by atoms with E-state index in [2.05, 4.69) is 11.9 Å². The molecule has 0 spiro atoms. The maximum atomic E-state index is 11.5. The molecule has 5 nitrogen and oxygen atoms in total. The van der Waals surface area contributed by atoms with Crippen LogP contribution in [0, 0.1) is 0 Å². The third kappa shape index (κ3) is 3.32. The van der Waals surface area contributed by atoms with Crippen molar-refractivity contribution in [1.82, 2.24) is 5.32 Å². The van der Waals surface area contributed by atoms with Crippen LogP contribution >= 0.6 is 0 Å². The lowest BCUT2D eigenvalue weighted by Crippen LogP contribution is -2.69. The molecule has 0 fully saturated rings. The number of carbonyl (C=O) groups excluding carboxylic acids is 1. The first-order valence-electron chi connectivity index (χ1n) is 6.11. The Balaban J connectivity index is 5.25. The average Bonchev–Trinajstić information content (AvgIpc) is 2.27. The summed E-state index contributed by atoms with van der Waals surface area (Å²) in [5.41, 5.74) is -0.992. The molecule has 1 unspecified atom stereocenters. The number of quaternary nitrogens is 1. The van der Waals surface area contributed by atoms with Gasteiger partial charge in [-0.3, -0.25) is 9.28 Å². The SMILES string of the molecule is C=CC(=O)NC(CCC)[N+](C)(C)C(C)(C)C(=O)O. The number of hydrogen-bond acceptors (Lipinski definition) is 2. The predicted molar refractivity (Wildman–Crippen MR) is 70.9 cm³/mol. The summed E-state index contributed by atoms with van der Waals surface area (Å²) in [4.78, 5) is 22.8. The van der Waals surface area contributed by atoms with Crippen molar-refractivity contribution in [3.8, 4) is 0 Å². The Morgan fingerprint density at radius 2 is 1.94 bits per heavy atom. The van der Waals surface area contributed by atoms with E-state index in [9.17, 15) is 14.7 Å². The van der Waals surface area contributed by atoms with Gasteiger partial charge in [-0.05, 0) is 12.5 Å². The summed E-state index contributed by atoms with van der Waals surface area (Å²) in [6.07, 6.45) is 2.52. The lowest BCUT2D eigenvalue weighted by Gasteiger charge is -2.46. The molecule has 18 heavy (non-hydrogen) atoms. The number of likely N-dealkylation sites (N-methyl/N-ethyl adjacent to an activating group) is 1. The fraction of sp³-hybridized carbons (Fsp3) is 0.692. The number of nitrogens with one attached hydrogen (secondary N) is 1. The van der Waals surface area contributed by atoms with Gasteiger partial charge in [-0.15, -0.1) is 0 Å². The van der Waals surface area contributed by atoms with Gasteiger partial charge >= 0.3 is 5.97 Å². The molecule has 0 aliphatic rings. The highest BCUT2D eigenvalue weighted by Gasteiger charge is 2.48. The van der Waals surface area contributed by atoms with E-state index in [1.165, 1.54) is 6.08 Å². The van der Waals surface area contributed by atoms with Crippen LogP contribution in [0.1, 0.15) is 33.6 Å². The lowest BCUT2D eigenvalue weighted by molar-refractivity contribution is -0.953. The fourth-order valence-corrected chi connectivity index (χ4v) is 1.69. The second-order valence-electron chi connectivity index (χ2n) is 5.42. The minimum Gasteiger partial charge on any atom is -0.477 e. The van der Waals surface area contributed by atoms with E-state index in [1.54, 1.807) is 13.8 Å². The second kappa shape index (κ2) is 6.00. The van der Waals surface area contributed by atoms with E-state index in [0.29, 0.717) is 6.42 Å². The Morgan fingerprint density at radius 1 is 1.44 bits per heavy atom. The summed E-state index contributed by atoms with van der Waals surface area (Å²) in [7, 11) is 3.63. The molecule has 0 aliphatic heterocycles. The smallest absolute Gasteiger partial charge is 0.365 e. The van der Waals surface area contributed by atoms with Crippen molar-refractivity contribution in [2.75, 3.05) is 14.1 Å². The number of carbonyl (C=O) groups is 2. The Kier molecular flexibility index (Phi) is 5.55. The van der Waals surface area contributed by atoms with Gasteiger partial charge < -0.3 is 10.4 Å². The van der Waals surface area contributed by atoms with Crippen LogP contribution in [0.3, 0.4) is 0 Å². The van der Waals surface area contributed by atoms with E-state index >= 15 is 0 Å². The Hall–Kier alpha value is -1.36. The topological polar surface area (TPSA) is 66.4 Å². The third-order valence-corrected chi connectivity index (χ3v) is 3.80. The minimum atomic E-state index is -0.992. The molecular weight excluding hydrogens is 232 g/mol. The molecule has 1 atom stereocenters. The molecule has 0 rings (SSSR count). The summed E-state index contributed by atoms with van der Waals surface area (Å²) < 4.78 is 0.176. The van der Waals surface area contributed by atoms with Gasteiger partial charge in [-0.1, -0.05) is 13.5 Å². The fourth-order valence-electron chi connectivity index (χ4n) is 1.69. The first-order chi connectivity index (χ1) is 8.11. The van der Waals surface area contributed by atoms with Gasteiger partial charge in [-0.2, -0.15) is 0 Å². The first-order valence-corrected chi connectivity index (χ1v) is 6.11. The van der Waals surface area contributed by atoms with Crippen molar-refractivity contribution in [2.45, 2.75) is 45.3 Å². The number of aliphatic carboxylic acids is 1. The van der Waals surface area contributed by atoms with Crippen molar-refractivity contribution in [2.24, 2.45) is 0 Å². The molecule has 0 aromatic rings. The van der Waals surface area contributed by atoms with Gasteiger partial charge in [0.05, 0.1) is 14.1 Å². The predicted octanol–water partition coefficient (Wildman–Crippen LogP) is 1.35. The van der Waals surface area contributed by atoms with Gasteiger partial charge in [0, 0.05) is 20.3 Å². The zero-order chi connectivity index (χ0) is 14.6. The molecule has 104 valence electrons. The number of nitrogens with zero attached hydrogens (tertiary/aromatic N) is 1. The van der Waals surface area contributed by atoms with Crippen LogP contribution in [-0.2, 0) is 9.59 Å². The molecule has 0 heterocycles. The van der Waals surface area contributed by atoms with Crippen LogP contribution in [0.4, 0.5) is 0 Å². The number of rotatable bonds is 7. The van der Waals surface area contributed by atoms with Gasteiger partial charge in [0.1, 0.15) is 0 Å². The largest absolute Gasteiger partial charge is 0.477 e. The normalized spacial score (nSPS) is 13.8. The maximum Gasteiger partial charge on any atom is 0.365 e. The third-order valence-electron chi connectivity index (χ3n) is 3.80. The standard InChI is InChI=1S/C13H24N2O3/c1-7-9-10(14-11(16)8-2)15(5,6)13(3,4)12(17)18/h8,10H,2,7,9H2,1,3-6H3,(H-,14,16,17,18)/p+1. The second-order valence-corrected chi connectivity index (χ2v) is 5.42. The minimum absolute atomic E-state index is 0.176. The van der Waals surface area contributed by atoms with Crippen LogP contribution in [0.15, 0.2) is 12.7 Å². The van der Waals surface area contributed by atoms with Gasteiger partial charge in [0.15, 0.2) is 11.7 Å². The number of carboxylic acids is 1. The Labute approximate surface area is 109 Å². The Morgan fingerprint density at radius 3 is 2.28 bits per heavy atom. The highest BCUT2D eigenvalue weighted by Crippen LogP contribution is 2.25. The number of amides is 1. The molecule has 2 N–H and O–H groups in total. The molecule has 0 saturated heterocycles. The van der Waals surface area contributed by atoms with E-state index in [1.807, 2.05) is 21.0 Å². The van der Waals surface area contributed by atoms with Crippen molar-refractivity contribution in [1.29, 1.82) is 0 Å². The molecular formula is C13H25N2O3+. The summed E-state index contributed by atoms with van der Waals surface area (Å²) in [5, 5.41) is 12.2. The van der Waals surface area contributed by atoms with Crippen molar-refractivity contribution in [3.05, 3.63) is 12.7 Å². The van der Waals surface area contributed by atoms with Crippen LogP contribution in [0.5, 0.6) is 0 Å². The van der Waals surface area contributed by atoms with Gasteiger partial charge in [0.25, 0.3) is 0 Å². The molecule has 0 saturated carbocycles. The van der Waals surface area contributed by atoms with Crippen LogP contribution in [0.2, 0.25) is 0 Å². The van der Waals surface area contributed by atoms with Gasteiger partial charge in [0.2, 0.25) is 5.91 Å². The van der Waals surface area contributed by atoms with Crippen molar-refractivity contribution >= 4 is 11.9 Å². The number of hydrogen-bond donors (Lipinski definition) is 2. The van der Waals surface area contributed by atoms with Crippen molar-refractivity contribution < 1.29 is 19.2 Å². The van der Waals surface area contributed by atoms with E-state index in [-0.39, 0.29) is 16.6 Å². The molecule has 0 bridgehead atoms. The monoisotopic (exact) mass is 257 g/mol. The average molecular weight is 257 g/mol. The summed E-state index contributed by atoms with van der Waals surface area (Å²) in [5.74, 6) is -1.16. The summed E-state index contributed by atoms with van der Waals surface area (Å²) in [6.45, 7) is 8.75. The molecule has 1 amide bonds. The quantitative estimate of drug-likeness (QED) is 0.411. The maximum absolute atomic E-state index is 11.5. The van der Waals surface area contributed by atoms with Gasteiger partial charge in [-0.25, -0.2) is 4.79 Å². The highest BCUT2D eigenvalue weighted by atomic mass is 16.4. The zero-order valence-corrected chi connectivity index (χ0v) is 12.0. The van der Waals surface area contributed by atoms with Crippen LogP contribution < -0.4 is 5.32 Å². The molecule has 0 aromatic heterocycles. The molecule has 0 radical (unpaired) electrons. The first kappa shape index (κ1) is 16.6. The lowest BCUT2D eigenvalue weighted by atomic mass is 9.98. The van der Waals surface area contributed by atoms with E-state index < -0.39 is 11.5 Å². The van der Waals surface area contributed by atoms with E-state index in [0.717, 1.165) is 6.42 Å². The number of carboxylic acid groups (broad SMARTS) is 1. The highest BCUT2D eigenvalue weighted by molar-refractivity contribution is 5.87. The van der Waals surface area contributed by atoms with Crippen LogP contribution in [-0.4, -0.2) is 47.3 Å². The van der Waals surface area contributed by atoms with Crippen molar-refractivity contribution in [3.63, 3.8) is 0 Å². The summed E-state index contributed by atoms with van der Waals surface area (Å²) in [6, 6.07) is 0.